The summed E-state index contributed by atoms with van der Waals surface area (Å²) in [7, 11) is 0. The van der Waals surface area contributed by atoms with Gasteiger partial charge in [0, 0.05) is 31.2 Å². The Bertz CT molecular complexity index is 412. The van der Waals surface area contributed by atoms with Gasteiger partial charge in [0.15, 0.2) is 0 Å². The minimum absolute atomic E-state index is 0.155. The van der Waals surface area contributed by atoms with Gasteiger partial charge < -0.3 is 5.32 Å². The second kappa shape index (κ2) is 6.68. The number of hydrogen-bond donors (Lipinski definition) is 1. The van der Waals surface area contributed by atoms with Gasteiger partial charge in [0.05, 0.1) is 0 Å². The lowest BCUT2D eigenvalue weighted by Crippen LogP contribution is -2.63. The van der Waals surface area contributed by atoms with Gasteiger partial charge in [0.1, 0.15) is 5.82 Å². The summed E-state index contributed by atoms with van der Waals surface area (Å²) in [6.07, 6.45) is 3.45. The number of hydrogen-bond acceptors (Lipinski definition) is 2. The highest BCUT2D eigenvalue weighted by atomic mass is 19.1. The van der Waals surface area contributed by atoms with E-state index in [1.807, 2.05) is 12.1 Å². The molecule has 0 aliphatic carbocycles. The maximum absolute atomic E-state index is 13.0. The number of rotatable bonds is 5. The van der Waals surface area contributed by atoms with Crippen LogP contribution in [-0.4, -0.2) is 29.6 Å². The number of halogens is 1. The van der Waals surface area contributed by atoms with E-state index in [1.54, 1.807) is 12.1 Å². The minimum Gasteiger partial charge on any atom is -0.311 e. The first-order valence-corrected chi connectivity index (χ1v) is 7.86. The van der Waals surface area contributed by atoms with Crippen LogP contribution in [0.5, 0.6) is 0 Å². The zero-order chi connectivity index (χ0) is 14.6. The lowest BCUT2D eigenvalue weighted by atomic mass is 9.86. The molecule has 20 heavy (non-hydrogen) atoms. The van der Waals surface area contributed by atoms with Gasteiger partial charge in [0.2, 0.25) is 0 Å². The van der Waals surface area contributed by atoms with E-state index in [1.165, 1.54) is 5.56 Å². The van der Waals surface area contributed by atoms with Crippen LogP contribution in [0.3, 0.4) is 0 Å². The molecule has 0 spiro atoms. The normalized spacial score (nSPS) is 22.9. The Balaban J connectivity index is 2.16. The molecule has 1 atom stereocenters. The van der Waals surface area contributed by atoms with Crippen molar-refractivity contribution in [2.45, 2.75) is 58.2 Å². The molecule has 2 nitrogen and oxygen atoms in total. The average Bonchev–Trinajstić information content (AvgIpc) is 2.49. The summed E-state index contributed by atoms with van der Waals surface area (Å²) >= 11 is 0. The van der Waals surface area contributed by atoms with E-state index in [0.717, 1.165) is 38.9 Å². The maximum atomic E-state index is 13.0. The highest BCUT2D eigenvalue weighted by Gasteiger charge is 2.38. The first-order valence-electron chi connectivity index (χ1n) is 7.86. The van der Waals surface area contributed by atoms with Gasteiger partial charge >= 0.3 is 0 Å². The van der Waals surface area contributed by atoms with Gasteiger partial charge in [-0.2, -0.15) is 0 Å². The van der Waals surface area contributed by atoms with Gasteiger partial charge in [-0.25, -0.2) is 4.39 Å². The third-order valence-electron chi connectivity index (χ3n) is 4.93. The van der Waals surface area contributed by atoms with E-state index < -0.39 is 0 Å². The summed E-state index contributed by atoms with van der Waals surface area (Å²) in [5, 5.41) is 3.68. The number of benzene rings is 1. The molecule has 1 unspecified atom stereocenters. The Hall–Kier alpha value is -0.930. The molecule has 0 bridgehead atoms. The first-order chi connectivity index (χ1) is 9.63. The van der Waals surface area contributed by atoms with Gasteiger partial charge in [-0.15, -0.1) is 0 Å². The summed E-state index contributed by atoms with van der Waals surface area (Å²) in [6, 6.07) is 7.52. The van der Waals surface area contributed by atoms with Crippen LogP contribution in [0.2, 0.25) is 0 Å². The molecule has 1 aliphatic heterocycles. The first kappa shape index (κ1) is 15.5. The van der Waals surface area contributed by atoms with Crippen LogP contribution < -0.4 is 5.32 Å². The Morgan fingerprint density at radius 2 is 1.85 bits per heavy atom. The molecule has 0 saturated carbocycles. The highest BCUT2D eigenvalue weighted by Crippen LogP contribution is 2.29. The zero-order valence-corrected chi connectivity index (χ0v) is 13.0. The molecule has 1 N–H and O–H groups in total. The summed E-state index contributed by atoms with van der Waals surface area (Å²) < 4.78 is 13.0. The standard InChI is InChI=1S/C17H27FN2/c1-4-16-12-20(17(5-2,6-3)13-19-16)11-14-7-9-15(18)10-8-14/h7-10,16,19H,4-6,11-13H2,1-3H3. The molecule has 3 heteroatoms. The van der Waals surface area contributed by atoms with Crippen LogP contribution in [0.25, 0.3) is 0 Å². The molecular formula is C17H27FN2. The maximum Gasteiger partial charge on any atom is 0.123 e. The van der Waals surface area contributed by atoms with E-state index in [9.17, 15) is 4.39 Å². The van der Waals surface area contributed by atoms with Crippen molar-refractivity contribution in [1.29, 1.82) is 0 Å². The third-order valence-corrected chi connectivity index (χ3v) is 4.93. The molecule has 0 amide bonds. The second-order valence-electron chi connectivity index (χ2n) is 5.92. The van der Waals surface area contributed by atoms with Crippen molar-refractivity contribution in [2.75, 3.05) is 13.1 Å². The third kappa shape index (κ3) is 3.21. The smallest absolute Gasteiger partial charge is 0.123 e. The quantitative estimate of drug-likeness (QED) is 0.886. The van der Waals surface area contributed by atoms with Crippen molar-refractivity contribution in [2.24, 2.45) is 0 Å². The molecule has 112 valence electrons. The topological polar surface area (TPSA) is 15.3 Å². The Morgan fingerprint density at radius 3 is 2.40 bits per heavy atom. The Kier molecular flexibility index (Phi) is 5.17. The Labute approximate surface area is 122 Å². The SMILES string of the molecule is CCC1CN(Cc2ccc(F)cc2)C(CC)(CC)CN1. The molecule has 1 saturated heterocycles. The van der Waals surface area contributed by atoms with Crippen LogP contribution in [0.1, 0.15) is 45.6 Å². The summed E-state index contributed by atoms with van der Waals surface area (Å²) in [6.45, 7) is 9.83. The molecule has 0 aromatic heterocycles. The van der Waals surface area contributed by atoms with Crippen molar-refractivity contribution < 1.29 is 4.39 Å². The van der Waals surface area contributed by atoms with Gasteiger partial charge in [-0.1, -0.05) is 32.9 Å². The minimum atomic E-state index is -0.155. The van der Waals surface area contributed by atoms with Crippen LogP contribution >= 0.6 is 0 Å². The van der Waals surface area contributed by atoms with Crippen LogP contribution in [0.15, 0.2) is 24.3 Å². The van der Waals surface area contributed by atoms with Gasteiger partial charge in [0.25, 0.3) is 0 Å². The second-order valence-corrected chi connectivity index (χ2v) is 5.92. The summed E-state index contributed by atoms with van der Waals surface area (Å²) in [4.78, 5) is 2.60. The Morgan fingerprint density at radius 1 is 1.20 bits per heavy atom. The molecule has 1 aliphatic rings. The lowest BCUT2D eigenvalue weighted by Gasteiger charge is -2.49. The van der Waals surface area contributed by atoms with E-state index in [2.05, 4.69) is 31.0 Å². The van der Waals surface area contributed by atoms with Crippen LogP contribution in [0, 0.1) is 5.82 Å². The summed E-state index contributed by atoms with van der Waals surface area (Å²) in [5.74, 6) is -0.155. The number of nitrogens with one attached hydrogen (secondary N) is 1. The largest absolute Gasteiger partial charge is 0.311 e. The molecule has 2 rings (SSSR count). The average molecular weight is 278 g/mol. The van der Waals surface area contributed by atoms with E-state index in [0.29, 0.717) is 6.04 Å². The van der Waals surface area contributed by atoms with Crippen LogP contribution in [-0.2, 0) is 6.54 Å². The summed E-state index contributed by atoms with van der Waals surface area (Å²) in [5.41, 5.74) is 1.44. The fourth-order valence-corrected chi connectivity index (χ4v) is 3.23. The van der Waals surface area contributed by atoms with Crippen molar-refractivity contribution in [3.8, 4) is 0 Å². The van der Waals surface area contributed by atoms with Crippen molar-refractivity contribution in [1.82, 2.24) is 10.2 Å². The van der Waals surface area contributed by atoms with Crippen molar-refractivity contribution in [3.05, 3.63) is 35.6 Å². The molecule has 0 radical (unpaired) electrons. The lowest BCUT2D eigenvalue weighted by molar-refractivity contribution is 0.0238. The molecule has 1 aromatic carbocycles. The van der Waals surface area contributed by atoms with E-state index in [4.69, 9.17) is 0 Å². The number of nitrogens with zero attached hydrogens (tertiary/aromatic N) is 1. The molecular weight excluding hydrogens is 251 g/mol. The predicted molar refractivity (Wildman–Crippen MR) is 82.2 cm³/mol. The monoisotopic (exact) mass is 278 g/mol. The van der Waals surface area contributed by atoms with Crippen molar-refractivity contribution >= 4 is 0 Å². The molecule has 1 aromatic rings. The van der Waals surface area contributed by atoms with Crippen molar-refractivity contribution in [3.63, 3.8) is 0 Å². The fraction of sp³-hybridized carbons (Fsp3) is 0.647. The zero-order valence-electron chi connectivity index (χ0n) is 13.0. The van der Waals surface area contributed by atoms with Gasteiger partial charge in [-0.3, -0.25) is 4.90 Å². The fourth-order valence-electron chi connectivity index (χ4n) is 3.23. The molecule has 1 fully saturated rings. The predicted octanol–water partition coefficient (Wildman–Crippen LogP) is 3.57. The van der Waals surface area contributed by atoms with E-state index >= 15 is 0 Å². The van der Waals surface area contributed by atoms with E-state index in [-0.39, 0.29) is 11.4 Å². The highest BCUT2D eigenvalue weighted by molar-refractivity contribution is 5.17. The molecule has 1 heterocycles. The number of piperazine rings is 1. The van der Waals surface area contributed by atoms with Gasteiger partial charge in [-0.05, 0) is 37.0 Å². The van der Waals surface area contributed by atoms with Crippen LogP contribution in [0.4, 0.5) is 4.39 Å².